The Kier molecular flexibility index (Phi) is 2.51. The van der Waals surface area contributed by atoms with Crippen LogP contribution in [0, 0.1) is 6.92 Å². The van der Waals surface area contributed by atoms with Crippen LogP contribution in [0.3, 0.4) is 0 Å². The summed E-state index contributed by atoms with van der Waals surface area (Å²) in [5.74, 6) is 0. The lowest BCUT2D eigenvalue weighted by molar-refractivity contribution is -0.277. The van der Waals surface area contributed by atoms with Crippen LogP contribution in [0.5, 0.6) is 0 Å². The molecule has 4 bridgehead atoms. The molecule has 0 N–H and O–H groups in total. The molecule has 4 aliphatic heterocycles. The molecule has 4 fully saturated rings. The van der Waals surface area contributed by atoms with Crippen LogP contribution >= 0.6 is 0 Å². The normalized spacial score (nSPS) is 39.5. The maximum absolute atomic E-state index is 5.00. The van der Waals surface area contributed by atoms with Gasteiger partial charge in [-0.2, -0.15) is 0 Å². The number of pyridine rings is 1. The van der Waals surface area contributed by atoms with Crippen LogP contribution in [0.4, 0.5) is 0 Å². The number of benzene rings is 1. The van der Waals surface area contributed by atoms with Gasteiger partial charge in [-0.15, -0.1) is 0 Å². The summed E-state index contributed by atoms with van der Waals surface area (Å²) in [5, 5.41) is 2.55. The van der Waals surface area contributed by atoms with E-state index in [9.17, 15) is 0 Å². The average molecular weight is 295 g/mol. The fourth-order valence-corrected chi connectivity index (χ4v) is 4.30. The zero-order chi connectivity index (χ0) is 14.9. The van der Waals surface area contributed by atoms with Gasteiger partial charge in [0.25, 0.3) is 0 Å². The largest absolute Gasteiger partial charge is 0.264 e. The van der Waals surface area contributed by atoms with Crippen LogP contribution in [-0.4, -0.2) is 57.9 Å². The van der Waals surface area contributed by atoms with Gasteiger partial charge in [0, 0.05) is 11.1 Å². The van der Waals surface area contributed by atoms with Crippen LogP contribution in [0.1, 0.15) is 18.3 Å². The molecule has 114 valence electrons. The molecule has 4 aliphatic rings. The van der Waals surface area contributed by atoms with Crippen LogP contribution in [0.2, 0.25) is 0 Å². The van der Waals surface area contributed by atoms with Crippen LogP contribution < -0.4 is 0 Å². The number of aryl methyl sites for hydroxylation is 1. The first-order chi connectivity index (χ1) is 10.6. The van der Waals surface area contributed by atoms with Crippen molar-refractivity contribution in [1.82, 2.24) is 24.6 Å². The van der Waals surface area contributed by atoms with Gasteiger partial charge < -0.3 is 0 Å². The predicted molar refractivity (Wildman–Crippen MR) is 85.5 cm³/mol. The third-order valence-electron chi connectivity index (χ3n) is 5.53. The number of fused-ring (bicyclic) bond motifs is 1. The summed E-state index contributed by atoms with van der Waals surface area (Å²) in [4.78, 5) is 15.1. The Bertz CT molecular complexity index is 728. The number of nitrogens with zero attached hydrogens (tertiary/aromatic N) is 5. The Balaban J connectivity index is 1.67. The molecule has 0 aliphatic carbocycles. The summed E-state index contributed by atoms with van der Waals surface area (Å²) in [6, 6.07) is 10.9. The van der Waals surface area contributed by atoms with E-state index >= 15 is 0 Å². The van der Waals surface area contributed by atoms with Gasteiger partial charge in [0.2, 0.25) is 0 Å². The van der Waals surface area contributed by atoms with Crippen LogP contribution in [0.15, 0.2) is 30.3 Å². The summed E-state index contributed by atoms with van der Waals surface area (Å²) in [6.45, 7) is 9.72. The summed E-state index contributed by atoms with van der Waals surface area (Å²) in [7, 11) is 0. The summed E-state index contributed by atoms with van der Waals surface area (Å²) < 4.78 is 0. The first-order valence-electron chi connectivity index (χ1n) is 7.96. The average Bonchev–Trinajstić information content (AvgIpc) is 2.51. The highest BCUT2D eigenvalue weighted by Crippen LogP contribution is 2.41. The van der Waals surface area contributed by atoms with Crippen molar-refractivity contribution in [2.24, 2.45) is 0 Å². The molecule has 22 heavy (non-hydrogen) atoms. The fourth-order valence-electron chi connectivity index (χ4n) is 4.30. The number of hydrogen-bond acceptors (Lipinski definition) is 5. The minimum atomic E-state index is -0.0950. The summed E-state index contributed by atoms with van der Waals surface area (Å²) in [6.07, 6.45) is 0. The molecule has 5 nitrogen and oxygen atoms in total. The van der Waals surface area contributed by atoms with Crippen molar-refractivity contribution in [2.75, 3.05) is 33.3 Å². The Labute approximate surface area is 130 Å². The highest BCUT2D eigenvalue weighted by Gasteiger charge is 2.52. The Hall–Kier alpha value is -1.53. The predicted octanol–water partition coefficient (Wildman–Crippen LogP) is 1.75. The number of rotatable bonds is 1. The first-order valence-corrected chi connectivity index (χ1v) is 7.96. The van der Waals surface area contributed by atoms with Gasteiger partial charge in [0.05, 0.1) is 39.0 Å². The fraction of sp³-hybridized carbons (Fsp3) is 0.471. The Morgan fingerprint density at radius 2 is 1.59 bits per heavy atom. The van der Waals surface area contributed by atoms with E-state index in [1.165, 1.54) is 16.5 Å². The molecule has 0 atom stereocenters. The quantitative estimate of drug-likeness (QED) is 0.798. The highest BCUT2D eigenvalue weighted by molar-refractivity contribution is 5.84. The molecule has 1 aromatic carbocycles. The molecule has 2 aromatic rings. The van der Waals surface area contributed by atoms with E-state index in [0.717, 1.165) is 39.0 Å². The zero-order valence-electron chi connectivity index (χ0n) is 13.2. The van der Waals surface area contributed by atoms with Crippen LogP contribution in [-0.2, 0) is 5.66 Å². The van der Waals surface area contributed by atoms with Crippen molar-refractivity contribution in [3.63, 3.8) is 0 Å². The third-order valence-corrected chi connectivity index (χ3v) is 5.53. The van der Waals surface area contributed by atoms with Gasteiger partial charge in [0.15, 0.2) is 0 Å². The standard InChI is InChI=1S/C17H21N5/c1-13-15-6-4-3-5-14(15)7-16(18-13)17(2)21-9-19-8-20(11-21)12-22(17)10-19/h3-7H,8-12H2,1-2H3. The molecular weight excluding hydrogens is 274 g/mol. The van der Waals surface area contributed by atoms with Crippen molar-refractivity contribution < 1.29 is 0 Å². The summed E-state index contributed by atoms with van der Waals surface area (Å²) in [5.41, 5.74) is 2.22. The monoisotopic (exact) mass is 295 g/mol. The maximum Gasteiger partial charge on any atom is 0.119 e. The van der Waals surface area contributed by atoms with Gasteiger partial charge >= 0.3 is 0 Å². The molecule has 0 spiro atoms. The van der Waals surface area contributed by atoms with E-state index in [-0.39, 0.29) is 5.66 Å². The molecule has 1 aromatic heterocycles. The molecular formula is C17H21N5. The SMILES string of the molecule is Cc1nc(C2(C)N3CN4CN(C3)CN2C4)cc2ccccc12. The van der Waals surface area contributed by atoms with Gasteiger partial charge in [-0.05, 0) is 25.3 Å². The van der Waals surface area contributed by atoms with E-state index in [1.54, 1.807) is 0 Å². The molecule has 0 unspecified atom stereocenters. The topological polar surface area (TPSA) is 25.9 Å². The van der Waals surface area contributed by atoms with Gasteiger partial charge in [-0.1, -0.05) is 24.3 Å². The Morgan fingerprint density at radius 1 is 0.955 bits per heavy atom. The highest BCUT2D eigenvalue weighted by atomic mass is 15.7. The van der Waals surface area contributed by atoms with E-state index < -0.39 is 0 Å². The zero-order valence-corrected chi connectivity index (χ0v) is 13.2. The van der Waals surface area contributed by atoms with E-state index in [4.69, 9.17) is 4.98 Å². The lowest BCUT2D eigenvalue weighted by Gasteiger charge is -2.65. The smallest absolute Gasteiger partial charge is 0.119 e. The Morgan fingerprint density at radius 3 is 2.27 bits per heavy atom. The van der Waals surface area contributed by atoms with E-state index in [1.807, 2.05) is 0 Å². The van der Waals surface area contributed by atoms with Crippen molar-refractivity contribution in [3.05, 3.63) is 41.7 Å². The lowest BCUT2D eigenvalue weighted by Crippen LogP contribution is -2.78. The molecule has 4 saturated heterocycles. The second-order valence-corrected chi connectivity index (χ2v) is 6.96. The molecule has 5 heterocycles. The van der Waals surface area contributed by atoms with E-state index in [0.29, 0.717) is 0 Å². The van der Waals surface area contributed by atoms with Gasteiger partial charge in [-0.25, -0.2) is 0 Å². The second-order valence-electron chi connectivity index (χ2n) is 6.96. The number of hydrogen-bond donors (Lipinski definition) is 0. The van der Waals surface area contributed by atoms with Crippen molar-refractivity contribution in [2.45, 2.75) is 19.5 Å². The minimum absolute atomic E-state index is 0.0950. The summed E-state index contributed by atoms with van der Waals surface area (Å²) >= 11 is 0. The molecule has 0 saturated carbocycles. The van der Waals surface area contributed by atoms with Crippen molar-refractivity contribution in [1.29, 1.82) is 0 Å². The first kappa shape index (κ1) is 13.0. The molecule has 5 heteroatoms. The molecule has 6 rings (SSSR count). The lowest BCUT2D eigenvalue weighted by atomic mass is 9.97. The third kappa shape index (κ3) is 1.59. The van der Waals surface area contributed by atoms with Crippen molar-refractivity contribution >= 4 is 10.8 Å². The van der Waals surface area contributed by atoms with Crippen molar-refractivity contribution in [3.8, 4) is 0 Å². The minimum Gasteiger partial charge on any atom is -0.264 e. The van der Waals surface area contributed by atoms with Gasteiger partial charge in [-0.3, -0.25) is 24.6 Å². The molecule has 0 amide bonds. The van der Waals surface area contributed by atoms with Crippen LogP contribution in [0.25, 0.3) is 10.8 Å². The van der Waals surface area contributed by atoms with E-state index in [2.05, 4.69) is 63.8 Å². The van der Waals surface area contributed by atoms with Gasteiger partial charge in [0.1, 0.15) is 5.66 Å². The maximum atomic E-state index is 5.00. The number of aromatic nitrogens is 1. The molecule has 0 radical (unpaired) electrons. The second kappa shape index (κ2) is 4.26.